The number of hydrogen-bond donors (Lipinski definition) is 1. The molecule has 0 aliphatic carbocycles. The van der Waals surface area contributed by atoms with Crippen molar-refractivity contribution in [2.45, 2.75) is 64.0 Å². The second kappa shape index (κ2) is 6.16. The lowest BCUT2D eigenvalue weighted by Gasteiger charge is -2.39. The summed E-state index contributed by atoms with van der Waals surface area (Å²) in [7, 11) is 1.24. The number of aliphatic hydroxyl groups excluding tert-OH is 1. The van der Waals surface area contributed by atoms with E-state index in [4.69, 9.17) is 18.9 Å². The van der Waals surface area contributed by atoms with E-state index in [2.05, 4.69) is 4.74 Å². The number of hydrogen-bond acceptors (Lipinski definition) is 7. The molecule has 2 fully saturated rings. The van der Waals surface area contributed by atoms with Crippen LogP contribution >= 0.6 is 0 Å². The monoisotopic (exact) mass is 316 g/mol. The Labute approximate surface area is 130 Å². The van der Waals surface area contributed by atoms with E-state index < -0.39 is 29.8 Å². The summed E-state index contributed by atoms with van der Waals surface area (Å²) in [4.78, 5) is 11.3. The lowest BCUT2D eigenvalue weighted by atomic mass is 10.0. The fourth-order valence-corrected chi connectivity index (χ4v) is 2.66. The number of esters is 1. The van der Waals surface area contributed by atoms with Crippen molar-refractivity contribution in [2.75, 3.05) is 13.7 Å². The van der Waals surface area contributed by atoms with Crippen LogP contribution < -0.4 is 0 Å². The predicted molar refractivity (Wildman–Crippen MR) is 76.1 cm³/mol. The summed E-state index contributed by atoms with van der Waals surface area (Å²) >= 11 is 0. The van der Waals surface area contributed by atoms with Gasteiger partial charge in [-0.3, -0.25) is 0 Å². The Morgan fingerprint density at radius 1 is 1.18 bits per heavy atom. The highest BCUT2D eigenvalue weighted by Crippen LogP contribution is 2.37. The standard InChI is InChI=1S/C15H24O7/c1-14(2)19-7-6-10(20-14)13-12(21-15(3,4)22-13)9(16)8-11(17)18-5/h8,10,12-13,16H,6-7H2,1-5H3/b9-8-/t10-,12?,13?/m1/s1. The molecule has 0 amide bonds. The molecule has 2 heterocycles. The van der Waals surface area contributed by atoms with Crippen molar-refractivity contribution in [3.05, 3.63) is 11.8 Å². The first-order valence-electron chi connectivity index (χ1n) is 7.29. The summed E-state index contributed by atoms with van der Waals surface area (Å²) in [5.74, 6) is -2.52. The van der Waals surface area contributed by atoms with Crippen molar-refractivity contribution >= 4 is 5.97 Å². The van der Waals surface area contributed by atoms with Gasteiger partial charge in [-0.25, -0.2) is 4.79 Å². The van der Waals surface area contributed by atoms with Crippen molar-refractivity contribution in [1.82, 2.24) is 0 Å². The molecule has 2 saturated heterocycles. The summed E-state index contributed by atoms with van der Waals surface area (Å²) in [6.45, 7) is 7.65. The van der Waals surface area contributed by atoms with E-state index in [1.165, 1.54) is 7.11 Å². The molecule has 2 aliphatic rings. The molecule has 7 nitrogen and oxygen atoms in total. The molecule has 2 aliphatic heterocycles. The summed E-state index contributed by atoms with van der Waals surface area (Å²) < 4.78 is 27.5. The van der Waals surface area contributed by atoms with E-state index in [-0.39, 0.29) is 11.9 Å². The third kappa shape index (κ3) is 3.98. The van der Waals surface area contributed by atoms with Gasteiger partial charge in [-0.05, 0) is 34.1 Å². The maximum atomic E-state index is 11.3. The van der Waals surface area contributed by atoms with Crippen LogP contribution in [0.25, 0.3) is 0 Å². The van der Waals surface area contributed by atoms with Gasteiger partial charge < -0.3 is 28.8 Å². The molecule has 0 radical (unpaired) electrons. The van der Waals surface area contributed by atoms with E-state index >= 15 is 0 Å². The minimum absolute atomic E-state index is 0.240. The SMILES string of the molecule is COC(=O)/C=C(\O)C1OC(C)(C)OC1[C@H]1CCOC(C)(C)O1. The Bertz CT molecular complexity index is 455. The van der Waals surface area contributed by atoms with E-state index in [9.17, 15) is 9.90 Å². The molecule has 0 aromatic heterocycles. The molecule has 126 valence electrons. The fraction of sp³-hybridized carbons (Fsp3) is 0.800. The van der Waals surface area contributed by atoms with Gasteiger partial charge in [0.2, 0.25) is 0 Å². The highest BCUT2D eigenvalue weighted by molar-refractivity contribution is 5.82. The number of carbonyl (C=O) groups excluding carboxylic acids is 1. The zero-order chi connectivity index (χ0) is 16.5. The number of ether oxygens (including phenoxy) is 5. The first-order chi connectivity index (χ1) is 10.1. The normalized spacial score (nSPS) is 34.4. The molecular weight excluding hydrogens is 292 g/mol. The fourth-order valence-electron chi connectivity index (χ4n) is 2.66. The van der Waals surface area contributed by atoms with Crippen LogP contribution in [0.15, 0.2) is 11.8 Å². The van der Waals surface area contributed by atoms with Gasteiger partial charge in [0.25, 0.3) is 0 Å². The Hall–Kier alpha value is -1.15. The highest BCUT2D eigenvalue weighted by atomic mass is 16.8. The Kier molecular flexibility index (Phi) is 4.81. The Morgan fingerprint density at radius 2 is 1.86 bits per heavy atom. The lowest BCUT2D eigenvalue weighted by molar-refractivity contribution is -0.293. The van der Waals surface area contributed by atoms with Gasteiger partial charge in [0.15, 0.2) is 11.6 Å². The highest BCUT2D eigenvalue weighted by Gasteiger charge is 2.49. The lowest BCUT2D eigenvalue weighted by Crippen LogP contribution is -2.48. The minimum Gasteiger partial charge on any atom is -0.509 e. The van der Waals surface area contributed by atoms with Gasteiger partial charge in [-0.2, -0.15) is 0 Å². The predicted octanol–water partition coefficient (Wildman–Crippen LogP) is 1.66. The average molecular weight is 316 g/mol. The molecular formula is C15H24O7. The Morgan fingerprint density at radius 3 is 2.45 bits per heavy atom. The largest absolute Gasteiger partial charge is 0.509 e. The van der Waals surface area contributed by atoms with Crippen LogP contribution in [0.5, 0.6) is 0 Å². The van der Waals surface area contributed by atoms with Gasteiger partial charge >= 0.3 is 5.97 Å². The molecule has 0 spiro atoms. The molecule has 22 heavy (non-hydrogen) atoms. The van der Waals surface area contributed by atoms with E-state index in [0.717, 1.165) is 6.08 Å². The molecule has 1 N–H and O–H groups in total. The second-order valence-electron chi connectivity index (χ2n) is 6.31. The molecule has 2 rings (SSSR count). The number of carbonyl (C=O) groups is 1. The smallest absolute Gasteiger partial charge is 0.333 e. The molecule has 7 heteroatoms. The maximum Gasteiger partial charge on any atom is 0.333 e. The van der Waals surface area contributed by atoms with Gasteiger partial charge in [-0.15, -0.1) is 0 Å². The molecule has 0 aromatic carbocycles. The summed E-state index contributed by atoms with van der Waals surface area (Å²) in [6.07, 6.45) is -0.0570. The number of aliphatic hydroxyl groups is 1. The van der Waals surface area contributed by atoms with E-state index in [0.29, 0.717) is 13.0 Å². The zero-order valence-electron chi connectivity index (χ0n) is 13.6. The molecule has 3 atom stereocenters. The van der Waals surface area contributed by atoms with Gasteiger partial charge in [0.05, 0.1) is 25.9 Å². The van der Waals surface area contributed by atoms with Crippen molar-refractivity contribution in [2.24, 2.45) is 0 Å². The van der Waals surface area contributed by atoms with Crippen molar-refractivity contribution < 1.29 is 33.6 Å². The van der Waals surface area contributed by atoms with Gasteiger partial charge in [0, 0.05) is 0 Å². The van der Waals surface area contributed by atoms with Crippen molar-refractivity contribution in [1.29, 1.82) is 0 Å². The molecule has 2 unspecified atom stereocenters. The summed E-state index contributed by atoms with van der Waals surface area (Å²) in [5.41, 5.74) is 0. The quantitative estimate of drug-likeness (QED) is 0.481. The van der Waals surface area contributed by atoms with E-state index in [1.54, 1.807) is 13.8 Å². The topological polar surface area (TPSA) is 83.5 Å². The van der Waals surface area contributed by atoms with Crippen molar-refractivity contribution in [3.8, 4) is 0 Å². The van der Waals surface area contributed by atoms with E-state index in [1.807, 2.05) is 13.8 Å². The van der Waals surface area contributed by atoms with Gasteiger partial charge in [-0.1, -0.05) is 0 Å². The minimum atomic E-state index is -0.890. The Balaban J connectivity index is 2.19. The molecule has 0 bridgehead atoms. The maximum absolute atomic E-state index is 11.3. The van der Waals surface area contributed by atoms with Gasteiger partial charge in [0.1, 0.15) is 18.0 Å². The number of rotatable bonds is 3. The molecule has 0 saturated carbocycles. The third-order valence-corrected chi connectivity index (χ3v) is 3.54. The first kappa shape index (κ1) is 17.2. The van der Waals surface area contributed by atoms with Crippen LogP contribution in [-0.2, 0) is 28.5 Å². The van der Waals surface area contributed by atoms with Crippen LogP contribution in [0.2, 0.25) is 0 Å². The van der Waals surface area contributed by atoms with Crippen LogP contribution in [0.1, 0.15) is 34.1 Å². The van der Waals surface area contributed by atoms with Crippen LogP contribution in [0.3, 0.4) is 0 Å². The van der Waals surface area contributed by atoms with Crippen LogP contribution in [0.4, 0.5) is 0 Å². The second-order valence-corrected chi connectivity index (χ2v) is 6.31. The summed E-state index contributed by atoms with van der Waals surface area (Å²) in [5, 5.41) is 10.2. The number of methoxy groups -OCH3 is 1. The zero-order valence-corrected chi connectivity index (χ0v) is 13.6. The van der Waals surface area contributed by atoms with Crippen LogP contribution in [-0.4, -0.2) is 54.7 Å². The van der Waals surface area contributed by atoms with Crippen molar-refractivity contribution in [3.63, 3.8) is 0 Å². The average Bonchev–Trinajstić information content (AvgIpc) is 2.73. The molecule has 0 aromatic rings. The summed E-state index contributed by atoms with van der Waals surface area (Å²) in [6, 6.07) is 0. The first-order valence-corrected chi connectivity index (χ1v) is 7.29. The third-order valence-electron chi connectivity index (χ3n) is 3.54. The van der Waals surface area contributed by atoms with Crippen LogP contribution in [0, 0.1) is 0 Å².